The number of ether oxygens (including phenoxy) is 1. The fourth-order valence-corrected chi connectivity index (χ4v) is 1.55. The Morgan fingerprint density at radius 1 is 1.40 bits per heavy atom. The number of methoxy groups -OCH3 is 1. The van der Waals surface area contributed by atoms with Gasteiger partial charge in [-0.15, -0.1) is 0 Å². The minimum absolute atomic E-state index is 0.0732. The van der Waals surface area contributed by atoms with Gasteiger partial charge in [0.25, 0.3) is 6.43 Å². The summed E-state index contributed by atoms with van der Waals surface area (Å²) in [5.41, 5.74) is 0.313. The summed E-state index contributed by atoms with van der Waals surface area (Å²) in [4.78, 5) is 0. The molecule has 1 aromatic rings. The summed E-state index contributed by atoms with van der Waals surface area (Å²) in [5, 5.41) is 9.01. The highest BCUT2D eigenvalue weighted by Gasteiger charge is 2.20. The molecule has 0 heterocycles. The molecule has 1 N–H and O–H groups in total. The van der Waals surface area contributed by atoms with Gasteiger partial charge >= 0.3 is 0 Å². The van der Waals surface area contributed by atoms with Crippen LogP contribution in [-0.4, -0.2) is 18.8 Å². The van der Waals surface area contributed by atoms with E-state index >= 15 is 0 Å². The highest BCUT2D eigenvalue weighted by Crippen LogP contribution is 2.34. The average molecular weight is 216 g/mol. The summed E-state index contributed by atoms with van der Waals surface area (Å²) in [7, 11) is 1.43. The first-order chi connectivity index (χ1) is 7.11. The second kappa shape index (κ2) is 5.07. The summed E-state index contributed by atoms with van der Waals surface area (Å²) in [6, 6.07) is 4.50. The van der Waals surface area contributed by atoms with Crippen LogP contribution in [-0.2, 0) is 0 Å². The lowest BCUT2D eigenvalue weighted by molar-refractivity contribution is 0.148. The van der Waals surface area contributed by atoms with Crippen LogP contribution in [0.3, 0.4) is 0 Å². The van der Waals surface area contributed by atoms with Gasteiger partial charge in [0.05, 0.1) is 7.11 Å². The molecular formula is C11H14F2O2. The van der Waals surface area contributed by atoms with E-state index in [0.717, 1.165) is 0 Å². The van der Waals surface area contributed by atoms with Crippen molar-refractivity contribution in [1.29, 1.82) is 0 Å². The van der Waals surface area contributed by atoms with Gasteiger partial charge in [-0.1, -0.05) is 19.1 Å². The highest BCUT2D eigenvalue weighted by atomic mass is 19.3. The average Bonchev–Trinajstić information content (AvgIpc) is 2.26. The van der Waals surface area contributed by atoms with Crippen LogP contribution in [0.15, 0.2) is 18.2 Å². The van der Waals surface area contributed by atoms with Crippen LogP contribution in [0.4, 0.5) is 8.78 Å². The third kappa shape index (κ3) is 2.45. The predicted molar refractivity (Wildman–Crippen MR) is 53.5 cm³/mol. The van der Waals surface area contributed by atoms with Crippen LogP contribution < -0.4 is 4.74 Å². The number of aliphatic hydroxyl groups excluding tert-OH is 1. The molecule has 0 aliphatic heterocycles. The molecule has 0 amide bonds. The number of hydrogen-bond acceptors (Lipinski definition) is 2. The van der Waals surface area contributed by atoms with Crippen LogP contribution in [0.5, 0.6) is 5.75 Å². The molecule has 1 unspecified atom stereocenters. The normalized spacial score (nSPS) is 12.9. The molecule has 0 aliphatic rings. The molecule has 0 fully saturated rings. The maximum absolute atomic E-state index is 12.7. The molecule has 1 atom stereocenters. The van der Waals surface area contributed by atoms with Gasteiger partial charge < -0.3 is 9.84 Å². The maximum Gasteiger partial charge on any atom is 0.264 e. The first kappa shape index (κ1) is 11.9. The van der Waals surface area contributed by atoms with Crippen molar-refractivity contribution in [2.24, 2.45) is 0 Å². The highest BCUT2D eigenvalue weighted by molar-refractivity contribution is 5.43. The van der Waals surface area contributed by atoms with E-state index in [-0.39, 0.29) is 18.1 Å². The number of benzene rings is 1. The van der Waals surface area contributed by atoms with E-state index in [0.29, 0.717) is 11.3 Å². The van der Waals surface area contributed by atoms with E-state index in [1.54, 1.807) is 13.0 Å². The van der Waals surface area contributed by atoms with E-state index in [1.807, 2.05) is 0 Å². The van der Waals surface area contributed by atoms with Gasteiger partial charge in [0, 0.05) is 23.7 Å². The van der Waals surface area contributed by atoms with Crippen molar-refractivity contribution in [1.82, 2.24) is 0 Å². The first-order valence-electron chi connectivity index (χ1n) is 4.67. The third-order valence-electron chi connectivity index (χ3n) is 2.32. The summed E-state index contributed by atoms with van der Waals surface area (Å²) >= 11 is 0. The van der Waals surface area contributed by atoms with E-state index in [1.165, 1.54) is 19.2 Å². The van der Waals surface area contributed by atoms with Crippen molar-refractivity contribution in [3.63, 3.8) is 0 Å². The first-order valence-corrected chi connectivity index (χ1v) is 4.67. The van der Waals surface area contributed by atoms with E-state index in [4.69, 9.17) is 9.84 Å². The quantitative estimate of drug-likeness (QED) is 0.838. The SMILES string of the molecule is COc1cccc(C(F)F)c1C(C)CO. The van der Waals surface area contributed by atoms with Crippen LogP contribution in [0.1, 0.15) is 30.4 Å². The second-order valence-corrected chi connectivity index (χ2v) is 3.35. The Morgan fingerprint density at radius 2 is 2.07 bits per heavy atom. The van der Waals surface area contributed by atoms with E-state index < -0.39 is 6.43 Å². The Hall–Kier alpha value is -1.16. The van der Waals surface area contributed by atoms with Crippen LogP contribution >= 0.6 is 0 Å². The lowest BCUT2D eigenvalue weighted by Gasteiger charge is -2.17. The minimum Gasteiger partial charge on any atom is -0.496 e. The zero-order valence-corrected chi connectivity index (χ0v) is 8.71. The Labute approximate surface area is 87.5 Å². The zero-order chi connectivity index (χ0) is 11.4. The van der Waals surface area contributed by atoms with Crippen LogP contribution in [0, 0.1) is 0 Å². The molecule has 1 aromatic carbocycles. The standard InChI is InChI=1S/C11H14F2O2/c1-7(6-14)10-8(11(12)13)4-3-5-9(10)15-2/h3-5,7,11,14H,6H2,1-2H3. The van der Waals surface area contributed by atoms with Gasteiger partial charge in [0.2, 0.25) is 0 Å². The second-order valence-electron chi connectivity index (χ2n) is 3.35. The van der Waals surface area contributed by atoms with Crippen molar-refractivity contribution in [2.45, 2.75) is 19.3 Å². The number of alkyl halides is 2. The van der Waals surface area contributed by atoms with Gasteiger partial charge in [-0.25, -0.2) is 8.78 Å². The molecule has 0 aromatic heterocycles. The summed E-state index contributed by atoms with van der Waals surface area (Å²) in [5.74, 6) is 0.0412. The number of hydrogen-bond donors (Lipinski definition) is 1. The van der Waals surface area contributed by atoms with Gasteiger partial charge in [0.1, 0.15) is 5.75 Å². The van der Waals surface area contributed by atoms with Gasteiger partial charge in [-0.2, -0.15) is 0 Å². The zero-order valence-electron chi connectivity index (χ0n) is 8.71. The smallest absolute Gasteiger partial charge is 0.264 e. The molecule has 0 saturated heterocycles. The molecule has 0 radical (unpaired) electrons. The molecule has 0 saturated carbocycles. The molecule has 0 bridgehead atoms. The molecule has 2 nitrogen and oxygen atoms in total. The van der Waals surface area contributed by atoms with Crippen molar-refractivity contribution in [3.8, 4) is 5.75 Å². The lowest BCUT2D eigenvalue weighted by atomic mass is 9.95. The largest absolute Gasteiger partial charge is 0.496 e. The molecule has 0 aliphatic carbocycles. The molecule has 15 heavy (non-hydrogen) atoms. The Morgan fingerprint density at radius 3 is 2.53 bits per heavy atom. The molecule has 0 spiro atoms. The monoisotopic (exact) mass is 216 g/mol. The maximum atomic E-state index is 12.7. The van der Waals surface area contributed by atoms with Crippen molar-refractivity contribution < 1.29 is 18.6 Å². The summed E-state index contributed by atoms with van der Waals surface area (Å²) in [6.45, 7) is 1.50. The third-order valence-corrected chi connectivity index (χ3v) is 2.32. The van der Waals surface area contributed by atoms with Crippen LogP contribution in [0.25, 0.3) is 0 Å². The van der Waals surface area contributed by atoms with Gasteiger partial charge in [-0.3, -0.25) is 0 Å². The molecule has 84 valence electrons. The van der Waals surface area contributed by atoms with Crippen molar-refractivity contribution in [2.75, 3.05) is 13.7 Å². The van der Waals surface area contributed by atoms with Crippen molar-refractivity contribution >= 4 is 0 Å². The topological polar surface area (TPSA) is 29.5 Å². The minimum atomic E-state index is -2.55. The van der Waals surface area contributed by atoms with Crippen molar-refractivity contribution in [3.05, 3.63) is 29.3 Å². The Balaban J connectivity index is 3.26. The Bertz CT molecular complexity index is 326. The number of halogens is 2. The van der Waals surface area contributed by atoms with Crippen LogP contribution in [0.2, 0.25) is 0 Å². The summed E-state index contributed by atoms with van der Waals surface area (Å²) < 4.78 is 30.4. The van der Waals surface area contributed by atoms with E-state index in [2.05, 4.69) is 0 Å². The number of aliphatic hydroxyl groups is 1. The lowest BCUT2D eigenvalue weighted by Crippen LogP contribution is -2.06. The fourth-order valence-electron chi connectivity index (χ4n) is 1.55. The van der Waals surface area contributed by atoms with Gasteiger partial charge in [0.15, 0.2) is 0 Å². The molecule has 4 heteroatoms. The van der Waals surface area contributed by atoms with E-state index in [9.17, 15) is 8.78 Å². The predicted octanol–water partition coefficient (Wildman–Crippen LogP) is 2.73. The Kier molecular flexibility index (Phi) is 4.03. The van der Waals surface area contributed by atoms with Gasteiger partial charge in [-0.05, 0) is 6.07 Å². The summed E-state index contributed by atoms with van der Waals surface area (Å²) in [6.07, 6.45) is -2.55. The number of rotatable bonds is 4. The fraction of sp³-hybridized carbons (Fsp3) is 0.455. The molecule has 1 rings (SSSR count). The molecular weight excluding hydrogens is 202 g/mol.